The third-order valence-electron chi connectivity index (χ3n) is 6.38. The number of rotatable bonds is 7. The molecule has 192 valence electrons. The third-order valence-corrected chi connectivity index (χ3v) is 7.59. The quantitative estimate of drug-likeness (QED) is 0.421. The second kappa shape index (κ2) is 10.1. The Morgan fingerprint density at radius 1 is 1.25 bits per heavy atom. The van der Waals surface area contributed by atoms with Crippen LogP contribution < -0.4 is 10.1 Å². The Bertz CT molecular complexity index is 1240. The highest BCUT2D eigenvalue weighted by Gasteiger charge is 2.49. The maximum atomic E-state index is 12.2. The first kappa shape index (κ1) is 26.0. The van der Waals surface area contributed by atoms with E-state index in [4.69, 9.17) is 9.47 Å². The highest BCUT2D eigenvalue weighted by Crippen LogP contribution is 2.51. The lowest BCUT2D eigenvalue weighted by atomic mass is 9.63. The Labute approximate surface area is 215 Å². The number of aliphatic hydroxyl groups is 1. The van der Waals surface area contributed by atoms with Crippen LogP contribution in [-0.4, -0.2) is 44.2 Å². The number of thiazole rings is 1. The number of aryl methyl sites for hydroxylation is 1. The van der Waals surface area contributed by atoms with Crippen LogP contribution in [0.25, 0.3) is 10.6 Å². The van der Waals surface area contributed by atoms with Gasteiger partial charge in [0.25, 0.3) is 0 Å². The van der Waals surface area contributed by atoms with Gasteiger partial charge in [0.2, 0.25) is 11.8 Å². The monoisotopic (exact) mass is 511 g/mol. The lowest BCUT2D eigenvalue weighted by Gasteiger charge is -2.44. The van der Waals surface area contributed by atoms with Crippen LogP contribution in [0.2, 0.25) is 0 Å². The molecule has 1 fully saturated rings. The molecule has 0 spiro atoms. The number of hydrogen-bond acceptors (Lipinski definition) is 10. The SMILES string of the molecule is COC(=O)[C@@H]1CC[C@@](O)(c2ncc(-c3cc(Nc4nccc(OC(C)C)n4)cc(C)n3)s2)CC1(C)C. The van der Waals surface area contributed by atoms with E-state index in [1.807, 2.05) is 46.8 Å². The molecule has 36 heavy (non-hydrogen) atoms. The van der Waals surface area contributed by atoms with E-state index in [2.05, 4.69) is 25.3 Å². The molecular weight excluding hydrogens is 478 g/mol. The van der Waals surface area contributed by atoms with Crippen LogP contribution in [0.1, 0.15) is 57.7 Å². The minimum Gasteiger partial charge on any atom is -0.475 e. The van der Waals surface area contributed by atoms with Gasteiger partial charge in [0.05, 0.1) is 29.7 Å². The maximum Gasteiger partial charge on any atom is 0.309 e. The summed E-state index contributed by atoms with van der Waals surface area (Å²) in [6.07, 6.45) is 4.82. The van der Waals surface area contributed by atoms with Gasteiger partial charge in [-0.2, -0.15) is 4.98 Å². The summed E-state index contributed by atoms with van der Waals surface area (Å²) in [4.78, 5) is 31.0. The van der Waals surface area contributed by atoms with E-state index in [1.165, 1.54) is 18.4 Å². The molecule has 0 aliphatic heterocycles. The van der Waals surface area contributed by atoms with Gasteiger partial charge in [0.1, 0.15) is 10.6 Å². The van der Waals surface area contributed by atoms with Crippen LogP contribution in [0, 0.1) is 18.3 Å². The van der Waals surface area contributed by atoms with Crippen molar-refractivity contribution in [2.75, 3.05) is 12.4 Å². The average molecular weight is 512 g/mol. The molecule has 3 aromatic heterocycles. The number of nitrogens with one attached hydrogen (secondary N) is 1. The molecule has 1 aliphatic rings. The van der Waals surface area contributed by atoms with Gasteiger partial charge >= 0.3 is 5.97 Å². The molecule has 10 heteroatoms. The van der Waals surface area contributed by atoms with Gasteiger partial charge in [-0.1, -0.05) is 13.8 Å². The predicted molar refractivity (Wildman–Crippen MR) is 138 cm³/mol. The fourth-order valence-corrected chi connectivity index (χ4v) is 5.81. The summed E-state index contributed by atoms with van der Waals surface area (Å²) < 4.78 is 10.6. The van der Waals surface area contributed by atoms with Crippen molar-refractivity contribution in [3.63, 3.8) is 0 Å². The number of esters is 1. The molecule has 4 rings (SSSR count). The first-order valence-corrected chi connectivity index (χ1v) is 12.8. The molecular formula is C26H33N5O4S. The van der Waals surface area contributed by atoms with Gasteiger partial charge in [0.15, 0.2) is 0 Å². The van der Waals surface area contributed by atoms with E-state index in [9.17, 15) is 9.90 Å². The number of hydrogen-bond donors (Lipinski definition) is 2. The number of pyridine rings is 1. The Morgan fingerprint density at radius 2 is 2.03 bits per heavy atom. The smallest absolute Gasteiger partial charge is 0.309 e. The van der Waals surface area contributed by atoms with Crippen molar-refractivity contribution in [2.45, 2.75) is 65.6 Å². The predicted octanol–water partition coefficient (Wildman–Crippen LogP) is 5.02. The zero-order valence-corrected chi connectivity index (χ0v) is 22.3. The van der Waals surface area contributed by atoms with E-state index in [0.29, 0.717) is 36.1 Å². The second-order valence-corrected chi connectivity index (χ2v) is 11.3. The lowest BCUT2D eigenvalue weighted by molar-refractivity contribution is -0.157. The number of aromatic nitrogens is 4. The number of methoxy groups -OCH3 is 1. The van der Waals surface area contributed by atoms with Gasteiger partial charge in [-0.3, -0.25) is 9.78 Å². The van der Waals surface area contributed by atoms with Gasteiger partial charge in [0, 0.05) is 29.8 Å². The molecule has 0 unspecified atom stereocenters. The summed E-state index contributed by atoms with van der Waals surface area (Å²) in [5.74, 6) is 0.449. The molecule has 1 saturated carbocycles. The van der Waals surface area contributed by atoms with E-state index < -0.39 is 11.0 Å². The Kier molecular flexibility index (Phi) is 7.28. The summed E-state index contributed by atoms with van der Waals surface area (Å²) in [5, 5.41) is 15.4. The number of nitrogens with zero attached hydrogens (tertiary/aromatic N) is 4. The van der Waals surface area contributed by atoms with Crippen molar-refractivity contribution in [3.05, 3.63) is 41.3 Å². The lowest BCUT2D eigenvalue weighted by Crippen LogP contribution is -2.45. The summed E-state index contributed by atoms with van der Waals surface area (Å²) in [7, 11) is 1.41. The summed E-state index contributed by atoms with van der Waals surface area (Å²) in [6, 6.07) is 5.54. The van der Waals surface area contributed by atoms with Gasteiger partial charge in [-0.05, 0) is 57.6 Å². The normalized spacial score (nSPS) is 21.3. The number of anilines is 2. The first-order valence-electron chi connectivity index (χ1n) is 12.0. The van der Waals surface area contributed by atoms with Crippen molar-refractivity contribution in [2.24, 2.45) is 11.3 Å². The van der Waals surface area contributed by atoms with Gasteiger partial charge in [-0.15, -0.1) is 11.3 Å². The Hall–Kier alpha value is -3.11. The zero-order chi connectivity index (χ0) is 26.1. The van der Waals surface area contributed by atoms with E-state index in [-0.39, 0.29) is 18.0 Å². The average Bonchev–Trinajstić information content (AvgIpc) is 3.29. The fraction of sp³-hybridized carbons (Fsp3) is 0.500. The molecule has 0 bridgehead atoms. The largest absolute Gasteiger partial charge is 0.475 e. The molecule has 1 aliphatic carbocycles. The number of ether oxygens (including phenoxy) is 2. The number of carbonyl (C=O) groups is 1. The Balaban J connectivity index is 1.56. The van der Waals surface area contributed by atoms with Crippen molar-refractivity contribution in [1.29, 1.82) is 0 Å². The minimum atomic E-state index is -1.10. The Morgan fingerprint density at radius 3 is 2.72 bits per heavy atom. The zero-order valence-electron chi connectivity index (χ0n) is 21.5. The second-order valence-electron chi connectivity index (χ2n) is 10.2. The van der Waals surface area contributed by atoms with Crippen LogP contribution in [0.15, 0.2) is 30.6 Å². The summed E-state index contributed by atoms with van der Waals surface area (Å²) in [5.41, 5.74) is 0.817. The fourth-order valence-electron chi connectivity index (χ4n) is 4.81. The molecule has 2 atom stereocenters. The van der Waals surface area contributed by atoms with Crippen LogP contribution in [0.4, 0.5) is 11.6 Å². The van der Waals surface area contributed by atoms with E-state index >= 15 is 0 Å². The van der Waals surface area contributed by atoms with Crippen LogP contribution >= 0.6 is 11.3 Å². The minimum absolute atomic E-state index is 0.0129. The molecule has 0 saturated heterocycles. The van der Waals surface area contributed by atoms with E-state index in [0.717, 1.165) is 22.0 Å². The molecule has 3 heterocycles. The maximum absolute atomic E-state index is 12.2. The highest BCUT2D eigenvalue weighted by atomic mass is 32.1. The summed E-state index contributed by atoms with van der Waals surface area (Å²) >= 11 is 1.42. The third kappa shape index (κ3) is 5.65. The highest BCUT2D eigenvalue weighted by molar-refractivity contribution is 7.15. The summed E-state index contributed by atoms with van der Waals surface area (Å²) in [6.45, 7) is 9.80. The molecule has 0 radical (unpaired) electrons. The van der Waals surface area contributed by atoms with E-state index in [1.54, 1.807) is 18.5 Å². The van der Waals surface area contributed by atoms with Gasteiger partial charge in [-0.25, -0.2) is 9.97 Å². The topological polar surface area (TPSA) is 119 Å². The van der Waals surface area contributed by atoms with Crippen molar-refractivity contribution in [3.8, 4) is 16.5 Å². The molecule has 9 nitrogen and oxygen atoms in total. The standard InChI is InChI=1S/C26H33N5O4S/c1-15(2)35-21-8-10-27-24(31-21)30-17-11-16(3)29-19(12-17)20-13-28-23(36-20)26(33)9-7-18(22(32)34-6)25(4,5)14-26/h8,10-13,15,18,33H,7,9,14H2,1-6H3,(H,27,29,30,31)/t18-,26-/m0/s1. The number of carbonyl (C=O) groups excluding carboxylic acids is 1. The van der Waals surface area contributed by atoms with Crippen LogP contribution in [0.5, 0.6) is 5.88 Å². The van der Waals surface area contributed by atoms with Crippen molar-refractivity contribution >= 4 is 28.9 Å². The molecule has 0 amide bonds. The molecule has 3 aromatic rings. The molecule has 2 N–H and O–H groups in total. The van der Waals surface area contributed by atoms with Crippen molar-refractivity contribution < 1.29 is 19.4 Å². The first-order chi connectivity index (χ1) is 17.0. The van der Waals surface area contributed by atoms with Crippen LogP contribution in [0.3, 0.4) is 0 Å². The van der Waals surface area contributed by atoms with Crippen molar-refractivity contribution in [1.82, 2.24) is 19.9 Å². The van der Waals surface area contributed by atoms with Gasteiger partial charge < -0.3 is 19.9 Å². The molecule has 0 aromatic carbocycles. The van der Waals surface area contributed by atoms with Crippen LogP contribution in [-0.2, 0) is 15.1 Å².